The second kappa shape index (κ2) is 10.7. The van der Waals surface area contributed by atoms with Gasteiger partial charge in [0.2, 0.25) is 5.91 Å². The van der Waals surface area contributed by atoms with Crippen molar-refractivity contribution in [3.8, 4) is 0 Å². The van der Waals surface area contributed by atoms with E-state index in [9.17, 15) is 14.4 Å². The minimum absolute atomic E-state index is 0.0425. The molecule has 8 heteroatoms. The highest BCUT2D eigenvalue weighted by atomic mass is 16.7. The molecule has 35 heavy (non-hydrogen) atoms. The molecule has 1 N–H and O–H groups in total. The van der Waals surface area contributed by atoms with Crippen LogP contribution in [0.1, 0.15) is 54.2 Å². The first kappa shape index (κ1) is 24.5. The Labute approximate surface area is 204 Å². The lowest BCUT2D eigenvalue weighted by Gasteiger charge is -2.34. The molecule has 1 amide bonds. The molecule has 2 aromatic carbocycles. The third-order valence-corrected chi connectivity index (χ3v) is 6.28. The summed E-state index contributed by atoms with van der Waals surface area (Å²) in [6.07, 6.45) is 1.50. The second-order valence-electron chi connectivity index (χ2n) is 8.89. The van der Waals surface area contributed by atoms with E-state index in [1.165, 1.54) is 6.07 Å². The third kappa shape index (κ3) is 5.54. The highest BCUT2D eigenvalue weighted by Crippen LogP contribution is 2.30. The number of hydrogen-bond donors (Lipinski definition) is 1. The standard InChI is InChI=1S/C27H31N3O5/c1-4-8-23(28-35-27(33)20-9-6-5-7-10-20)21-15-18(2)16-22-24(32)17-25(34-26(21)22)30-13-11-29(12-14-30)19(3)31/h5-7,9-10,15-17,23,28H,4,8,11-14H2,1-3H3. The average Bonchev–Trinajstić information content (AvgIpc) is 2.87. The van der Waals surface area contributed by atoms with Crippen LogP contribution in [0, 0.1) is 6.92 Å². The van der Waals surface area contributed by atoms with Crippen LogP contribution in [0.4, 0.5) is 5.88 Å². The number of piperazine rings is 1. The molecule has 4 rings (SSSR count). The van der Waals surface area contributed by atoms with E-state index in [1.54, 1.807) is 36.1 Å². The Morgan fingerprint density at radius 1 is 1.09 bits per heavy atom. The summed E-state index contributed by atoms with van der Waals surface area (Å²) in [5.41, 5.74) is 5.41. The maximum absolute atomic E-state index is 13.1. The molecule has 1 aliphatic rings. The summed E-state index contributed by atoms with van der Waals surface area (Å²) in [6.45, 7) is 7.85. The van der Waals surface area contributed by atoms with E-state index >= 15 is 0 Å². The van der Waals surface area contributed by atoms with Crippen molar-refractivity contribution >= 4 is 28.7 Å². The fourth-order valence-electron chi connectivity index (χ4n) is 4.40. The Kier molecular flexibility index (Phi) is 7.51. The Hall–Kier alpha value is -3.65. The predicted octanol–water partition coefficient (Wildman–Crippen LogP) is 3.97. The summed E-state index contributed by atoms with van der Waals surface area (Å²) in [5.74, 6) is 0.0439. The highest BCUT2D eigenvalue weighted by molar-refractivity contribution is 5.89. The van der Waals surface area contributed by atoms with Crippen LogP contribution in [0.2, 0.25) is 0 Å². The normalized spacial score (nSPS) is 14.7. The van der Waals surface area contributed by atoms with Crippen molar-refractivity contribution in [3.63, 3.8) is 0 Å². The molecule has 3 aromatic rings. The van der Waals surface area contributed by atoms with Crippen molar-refractivity contribution in [3.05, 3.63) is 75.4 Å². The van der Waals surface area contributed by atoms with Gasteiger partial charge in [-0.2, -0.15) is 0 Å². The van der Waals surface area contributed by atoms with E-state index in [0.29, 0.717) is 55.0 Å². The molecule has 1 atom stereocenters. The first-order valence-corrected chi connectivity index (χ1v) is 12.0. The van der Waals surface area contributed by atoms with Crippen LogP contribution in [0.15, 0.2) is 57.7 Å². The summed E-state index contributed by atoms with van der Waals surface area (Å²) in [6, 6.07) is 13.7. The van der Waals surface area contributed by atoms with Crippen molar-refractivity contribution < 1.29 is 18.8 Å². The Bertz CT molecular complexity index is 1260. The SMILES string of the molecule is CCCC(NOC(=O)c1ccccc1)c1cc(C)cc2c(=O)cc(N3CCN(C(C)=O)CC3)oc12. The zero-order valence-electron chi connectivity index (χ0n) is 20.4. The van der Waals surface area contributed by atoms with Gasteiger partial charge in [-0.1, -0.05) is 37.6 Å². The van der Waals surface area contributed by atoms with Gasteiger partial charge in [0.25, 0.3) is 0 Å². The molecule has 2 heterocycles. The molecule has 184 valence electrons. The largest absolute Gasteiger partial charge is 0.440 e. The van der Waals surface area contributed by atoms with Gasteiger partial charge in [-0.05, 0) is 37.1 Å². The van der Waals surface area contributed by atoms with Gasteiger partial charge in [0.05, 0.1) is 17.0 Å². The highest BCUT2D eigenvalue weighted by Gasteiger charge is 2.24. The second-order valence-corrected chi connectivity index (χ2v) is 8.89. The van der Waals surface area contributed by atoms with Gasteiger partial charge >= 0.3 is 5.97 Å². The lowest BCUT2D eigenvalue weighted by molar-refractivity contribution is -0.129. The van der Waals surface area contributed by atoms with E-state index < -0.39 is 5.97 Å². The quantitative estimate of drug-likeness (QED) is 0.515. The summed E-state index contributed by atoms with van der Waals surface area (Å²) < 4.78 is 6.32. The first-order valence-electron chi connectivity index (χ1n) is 12.0. The van der Waals surface area contributed by atoms with Crippen molar-refractivity contribution in [1.29, 1.82) is 0 Å². The van der Waals surface area contributed by atoms with E-state index in [2.05, 4.69) is 5.48 Å². The van der Waals surface area contributed by atoms with Crippen LogP contribution >= 0.6 is 0 Å². The first-order chi connectivity index (χ1) is 16.9. The number of amides is 1. The number of nitrogens with zero attached hydrogens (tertiary/aromatic N) is 2. The Balaban J connectivity index is 1.66. The molecule has 8 nitrogen and oxygen atoms in total. The number of aryl methyl sites for hydroxylation is 1. The van der Waals surface area contributed by atoms with Crippen molar-refractivity contribution in [1.82, 2.24) is 10.4 Å². The van der Waals surface area contributed by atoms with Gasteiger partial charge in [-0.25, -0.2) is 4.79 Å². The van der Waals surface area contributed by atoms with Gasteiger partial charge in [0.15, 0.2) is 11.3 Å². The van der Waals surface area contributed by atoms with Gasteiger partial charge in [-0.3, -0.25) is 9.59 Å². The van der Waals surface area contributed by atoms with Crippen LogP contribution in [-0.4, -0.2) is 43.0 Å². The van der Waals surface area contributed by atoms with Crippen LogP contribution in [-0.2, 0) is 9.63 Å². The number of anilines is 1. The third-order valence-electron chi connectivity index (χ3n) is 6.28. The van der Waals surface area contributed by atoms with Gasteiger partial charge in [0.1, 0.15) is 5.58 Å². The van der Waals surface area contributed by atoms with Crippen molar-refractivity contribution in [2.24, 2.45) is 0 Å². The number of hydrogen-bond acceptors (Lipinski definition) is 7. The molecular formula is C27H31N3O5. The smallest absolute Gasteiger partial charge is 0.356 e. The Morgan fingerprint density at radius 3 is 2.46 bits per heavy atom. The van der Waals surface area contributed by atoms with Crippen LogP contribution in [0.25, 0.3) is 11.0 Å². The minimum atomic E-state index is -0.478. The fourth-order valence-corrected chi connectivity index (χ4v) is 4.40. The van der Waals surface area contributed by atoms with E-state index in [4.69, 9.17) is 9.25 Å². The van der Waals surface area contributed by atoms with Crippen molar-refractivity contribution in [2.45, 2.75) is 39.7 Å². The molecule has 0 saturated carbocycles. The lowest BCUT2D eigenvalue weighted by Crippen LogP contribution is -2.48. The molecule has 1 saturated heterocycles. The molecule has 0 spiro atoms. The number of carbonyl (C=O) groups is 2. The van der Waals surface area contributed by atoms with E-state index in [0.717, 1.165) is 17.5 Å². The van der Waals surface area contributed by atoms with Crippen molar-refractivity contribution in [2.75, 3.05) is 31.1 Å². The average molecular weight is 478 g/mol. The molecule has 1 fully saturated rings. The van der Waals surface area contributed by atoms with Crippen LogP contribution < -0.4 is 15.8 Å². The van der Waals surface area contributed by atoms with E-state index in [1.807, 2.05) is 36.9 Å². The molecule has 1 unspecified atom stereocenters. The Morgan fingerprint density at radius 2 is 1.80 bits per heavy atom. The topological polar surface area (TPSA) is 92.1 Å². The maximum atomic E-state index is 13.1. The molecule has 0 aliphatic carbocycles. The molecule has 0 bridgehead atoms. The summed E-state index contributed by atoms with van der Waals surface area (Å²) in [4.78, 5) is 46.5. The number of rotatable bonds is 7. The van der Waals surface area contributed by atoms with Crippen LogP contribution in [0.5, 0.6) is 0 Å². The number of hydroxylamine groups is 1. The number of fused-ring (bicyclic) bond motifs is 1. The fraction of sp³-hybridized carbons (Fsp3) is 0.370. The minimum Gasteiger partial charge on any atom is -0.440 e. The predicted molar refractivity (Wildman–Crippen MR) is 134 cm³/mol. The number of benzene rings is 2. The van der Waals surface area contributed by atoms with Gasteiger partial charge in [-0.15, -0.1) is 5.48 Å². The summed E-state index contributed by atoms with van der Waals surface area (Å²) >= 11 is 0. The number of nitrogens with one attached hydrogen (secondary N) is 1. The molecule has 1 aliphatic heterocycles. The van der Waals surface area contributed by atoms with Gasteiger partial charge < -0.3 is 19.1 Å². The van der Waals surface area contributed by atoms with Crippen LogP contribution in [0.3, 0.4) is 0 Å². The molecule has 0 radical (unpaired) electrons. The lowest BCUT2D eigenvalue weighted by atomic mass is 9.98. The summed E-state index contributed by atoms with van der Waals surface area (Å²) in [5, 5.41) is 0.489. The zero-order valence-corrected chi connectivity index (χ0v) is 20.4. The van der Waals surface area contributed by atoms with Gasteiger partial charge in [0, 0.05) is 44.7 Å². The zero-order chi connectivity index (χ0) is 24.9. The van der Waals surface area contributed by atoms with E-state index in [-0.39, 0.29) is 17.4 Å². The number of carbonyl (C=O) groups excluding carboxylic acids is 2. The maximum Gasteiger partial charge on any atom is 0.356 e. The molecular weight excluding hydrogens is 446 g/mol. The molecule has 1 aromatic heterocycles. The summed E-state index contributed by atoms with van der Waals surface area (Å²) in [7, 11) is 0. The monoisotopic (exact) mass is 477 g/mol.